The summed E-state index contributed by atoms with van der Waals surface area (Å²) in [5.74, 6) is -0.00128. The van der Waals surface area contributed by atoms with E-state index in [1.165, 1.54) is 13.3 Å². The molecule has 0 unspecified atom stereocenters. The molecule has 2 heterocycles. The average molecular weight is 347 g/mol. The van der Waals surface area contributed by atoms with Crippen LogP contribution in [0.15, 0.2) is 30.6 Å². The van der Waals surface area contributed by atoms with Crippen molar-refractivity contribution in [2.75, 3.05) is 13.7 Å². The second-order valence-corrected chi connectivity index (χ2v) is 5.50. The lowest BCUT2D eigenvalue weighted by Crippen LogP contribution is -2.25. The number of fused-ring (bicyclic) bond motifs is 1. The van der Waals surface area contributed by atoms with E-state index in [1.54, 1.807) is 6.20 Å². The number of ether oxygens (including phenoxy) is 1. The van der Waals surface area contributed by atoms with Crippen molar-refractivity contribution in [2.45, 2.75) is 6.54 Å². The molecule has 0 bridgehead atoms. The molecule has 2 aromatic heterocycles. The number of methoxy groups -OCH3 is 1. The number of halogens is 1. The highest BCUT2D eigenvalue weighted by molar-refractivity contribution is 6.34. The van der Waals surface area contributed by atoms with Crippen LogP contribution >= 0.6 is 11.6 Å². The zero-order chi connectivity index (χ0) is 17.1. The van der Waals surface area contributed by atoms with Gasteiger partial charge in [0.1, 0.15) is 6.61 Å². The van der Waals surface area contributed by atoms with Gasteiger partial charge in [-0.05, 0) is 18.2 Å². The van der Waals surface area contributed by atoms with Gasteiger partial charge in [-0.1, -0.05) is 11.6 Å². The van der Waals surface area contributed by atoms with Gasteiger partial charge in [0.25, 0.3) is 0 Å². The van der Waals surface area contributed by atoms with Crippen LogP contribution in [0, 0.1) is 0 Å². The fraction of sp³-hybridized carbons (Fsp3) is 0.188. The number of H-pyrrole nitrogens is 1. The Kier molecular flexibility index (Phi) is 4.64. The Labute approximate surface area is 142 Å². The molecule has 0 radical (unpaired) electrons. The lowest BCUT2D eigenvalue weighted by molar-refractivity contribution is -0.123. The van der Waals surface area contributed by atoms with E-state index < -0.39 is 12.5 Å². The van der Waals surface area contributed by atoms with Crippen molar-refractivity contribution in [3.8, 4) is 17.1 Å². The summed E-state index contributed by atoms with van der Waals surface area (Å²) < 4.78 is 5.00. The third-order valence-electron chi connectivity index (χ3n) is 3.50. The highest BCUT2D eigenvalue weighted by atomic mass is 35.5. The quantitative estimate of drug-likeness (QED) is 0.655. The molecule has 0 atom stereocenters. The number of carbonyl (C=O) groups excluding carboxylic acids is 1. The highest BCUT2D eigenvalue weighted by Crippen LogP contribution is 2.31. The zero-order valence-corrected chi connectivity index (χ0v) is 13.6. The van der Waals surface area contributed by atoms with Crippen LogP contribution < -0.4 is 10.1 Å². The second-order valence-electron chi connectivity index (χ2n) is 5.09. The number of hydrogen-bond donors (Lipinski definition) is 3. The Morgan fingerprint density at radius 1 is 1.33 bits per heavy atom. The SMILES string of the molecule is COc1cnc(-c2cc3[nH]c(CNC(=O)CO)cc3cc2Cl)cn1. The van der Waals surface area contributed by atoms with Gasteiger partial charge in [-0.3, -0.25) is 4.79 Å². The Balaban J connectivity index is 1.92. The standard InChI is InChI=1S/C16H15ClN4O3/c1-24-16-7-18-14(6-20-16)11-4-13-9(3-12(11)17)2-10(21-13)5-19-15(23)8-22/h2-4,6-7,21-22H,5,8H2,1H3,(H,19,23). The summed E-state index contributed by atoms with van der Waals surface area (Å²) in [7, 11) is 1.53. The second kappa shape index (κ2) is 6.86. The smallest absolute Gasteiger partial charge is 0.246 e. The molecule has 7 nitrogen and oxygen atoms in total. The predicted molar refractivity (Wildman–Crippen MR) is 89.8 cm³/mol. The molecule has 8 heteroatoms. The average Bonchev–Trinajstić information content (AvgIpc) is 3.00. The number of nitrogens with one attached hydrogen (secondary N) is 2. The maximum atomic E-state index is 11.1. The monoisotopic (exact) mass is 346 g/mol. The Bertz CT molecular complexity index is 877. The van der Waals surface area contributed by atoms with Crippen molar-refractivity contribution in [3.05, 3.63) is 41.3 Å². The molecule has 0 spiro atoms. The van der Waals surface area contributed by atoms with Crippen LogP contribution in [0.5, 0.6) is 5.88 Å². The first-order valence-corrected chi connectivity index (χ1v) is 7.53. The molecule has 3 N–H and O–H groups in total. The van der Waals surface area contributed by atoms with Gasteiger partial charge in [0.15, 0.2) is 0 Å². The summed E-state index contributed by atoms with van der Waals surface area (Å²) in [6.45, 7) is -0.240. The normalized spacial score (nSPS) is 10.8. The number of rotatable bonds is 5. The van der Waals surface area contributed by atoms with Gasteiger partial charge in [-0.25, -0.2) is 9.97 Å². The summed E-state index contributed by atoms with van der Waals surface area (Å²) in [6, 6.07) is 5.60. The molecule has 0 aliphatic rings. The minimum atomic E-state index is -0.535. The number of aromatic nitrogens is 3. The molecular formula is C16H15ClN4O3. The largest absolute Gasteiger partial charge is 0.480 e. The first-order valence-electron chi connectivity index (χ1n) is 7.16. The number of carbonyl (C=O) groups is 1. The van der Waals surface area contributed by atoms with Crippen LogP contribution in [0.25, 0.3) is 22.2 Å². The van der Waals surface area contributed by atoms with Crippen LogP contribution in [0.1, 0.15) is 5.69 Å². The Hall–Kier alpha value is -2.64. The zero-order valence-electron chi connectivity index (χ0n) is 12.8. The maximum Gasteiger partial charge on any atom is 0.246 e. The van der Waals surface area contributed by atoms with Crippen molar-refractivity contribution in [1.82, 2.24) is 20.3 Å². The number of aliphatic hydroxyl groups is 1. The van der Waals surface area contributed by atoms with Crippen molar-refractivity contribution in [3.63, 3.8) is 0 Å². The van der Waals surface area contributed by atoms with Crippen LogP contribution in [0.4, 0.5) is 0 Å². The van der Waals surface area contributed by atoms with Gasteiger partial charge in [0, 0.05) is 22.2 Å². The number of aliphatic hydroxyl groups excluding tert-OH is 1. The van der Waals surface area contributed by atoms with Gasteiger partial charge in [-0.2, -0.15) is 0 Å². The van der Waals surface area contributed by atoms with E-state index in [9.17, 15) is 4.79 Å². The first-order chi connectivity index (χ1) is 11.6. The van der Waals surface area contributed by atoms with Crippen molar-refractivity contribution in [2.24, 2.45) is 0 Å². The third kappa shape index (κ3) is 3.32. The van der Waals surface area contributed by atoms with Gasteiger partial charge in [-0.15, -0.1) is 0 Å². The van der Waals surface area contributed by atoms with Crippen molar-refractivity contribution in [1.29, 1.82) is 0 Å². The Morgan fingerprint density at radius 2 is 2.17 bits per heavy atom. The lowest BCUT2D eigenvalue weighted by Gasteiger charge is -2.05. The molecule has 0 saturated heterocycles. The molecule has 24 heavy (non-hydrogen) atoms. The van der Waals surface area contributed by atoms with E-state index in [1.807, 2.05) is 18.2 Å². The van der Waals surface area contributed by atoms with E-state index >= 15 is 0 Å². The molecule has 0 aliphatic heterocycles. The molecule has 0 fully saturated rings. The molecule has 0 saturated carbocycles. The van der Waals surface area contributed by atoms with E-state index in [0.29, 0.717) is 23.1 Å². The molecule has 3 aromatic rings. The fourth-order valence-corrected chi connectivity index (χ4v) is 2.58. The van der Waals surface area contributed by atoms with Gasteiger partial charge >= 0.3 is 0 Å². The minimum absolute atomic E-state index is 0.295. The third-order valence-corrected chi connectivity index (χ3v) is 3.81. The van der Waals surface area contributed by atoms with Crippen LogP contribution in [0.3, 0.4) is 0 Å². The summed E-state index contributed by atoms with van der Waals surface area (Å²) >= 11 is 6.35. The molecular weight excluding hydrogens is 332 g/mol. The fourth-order valence-electron chi connectivity index (χ4n) is 2.31. The summed E-state index contributed by atoms with van der Waals surface area (Å²) in [4.78, 5) is 22.8. The van der Waals surface area contributed by atoms with Crippen LogP contribution in [0.2, 0.25) is 5.02 Å². The van der Waals surface area contributed by atoms with E-state index in [0.717, 1.165) is 22.2 Å². The highest BCUT2D eigenvalue weighted by Gasteiger charge is 2.10. The number of nitrogens with zero attached hydrogens (tertiary/aromatic N) is 2. The Morgan fingerprint density at radius 3 is 2.83 bits per heavy atom. The maximum absolute atomic E-state index is 11.1. The van der Waals surface area contributed by atoms with E-state index in [2.05, 4.69) is 20.3 Å². The van der Waals surface area contributed by atoms with Crippen molar-refractivity contribution >= 4 is 28.4 Å². The minimum Gasteiger partial charge on any atom is -0.480 e. The van der Waals surface area contributed by atoms with Gasteiger partial charge in [0.2, 0.25) is 11.8 Å². The number of amides is 1. The molecule has 0 aliphatic carbocycles. The van der Waals surface area contributed by atoms with Crippen LogP contribution in [-0.2, 0) is 11.3 Å². The van der Waals surface area contributed by atoms with Crippen molar-refractivity contribution < 1.29 is 14.6 Å². The van der Waals surface area contributed by atoms with Gasteiger partial charge < -0.3 is 20.1 Å². The number of aromatic amines is 1. The molecule has 1 amide bonds. The molecule has 1 aromatic carbocycles. The predicted octanol–water partition coefficient (Wildman–Crippen LogP) is 1.90. The number of hydrogen-bond acceptors (Lipinski definition) is 5. The first kappa shape index (κ1) is 16.2. The van der Waals surface area contributed by atoms with E-state index in [-0.39, 0.29) is 0 Å². The molecule has 124 valence electrons. The summed E-state index contributed by atoms with van der Waals surface area (Å²) in [5, 5.41) is 12.8. The lowest BCUT2D eigenvalue weighted by atomic mass is 10.1. The molecule has 3 rings (SSSR count). The van der Waals surface area contributed by atoms with E-state index in [4.69, 9.17) is 21.4 Å². The van der Waals surface area contributed by atoms with Gasteiger partial charge in [0.05, 0.1) is 36.8 Å². The summed E-state index contributed by atoms with van der Waals surface area (Å²) in [5.41, 5.74) is 3.04. The number of benzene rings is 1. The summed E-state index contributed by atoms with van der Waals surface area (Å²) in [6.07, 6.45) is 3.12. The van der Waals surface area contributed by atoms with Crippen LogP contribution in [-0.4, -0.2) is 39.7 Å². The topological polar surface area (TPSA) is 100 Å².